The van der Waals surface area contributed by atoms with E-state index in [-0.39, 0.29) is 23.9 Å². The Hall–Kier alpha value is -1.62. The van der Waals surface area contributed by atoms with Gasteiger partial charge in [0.15, 0.2) is 0 Å². The number of hydrogen-bond acceptors (Lipinski definition) is 2. The molecule has 2 amide bonds. The molecule has 4 nitrogen and oxygen atoms in total. The van der Waals surface area contributed by atoms with Gasteiger partial charge in [0.05, 0.1) is 6.61 Å². The molecule has 0 saturated heterocycles. The number of nitrogens with one attached hydrogen (secondary N) is 1. The van der Waals surface area contributed by atoms with Crippen LogP contribution in [0, 0.1) is 5.82 Å². The van der Waals surface area contributed by atoms with Crippen LogP contribution >= 0.6 is 0 Å². The Bertz CT molecular complexity index is 443. The standard InChI is InChI=1S/C14H19FN2O2/c1-17(8-9-18)13(19)16-10-14(6-7-14)11-2-4-12(15)5-3-11/h2-5,18H,6-10H2,1H3,(H,16,19). The molecule has 1 saturated carbocycles. The van der Waals surface area contributed by atoms with Crippen molar-refractivity contribution in [2.75, 3.05) is 26.7 Å². The first-order chi connectivity index (χ1) is 9.07. The molecule has 0 spiro atoms. The van der Waals surface area contributed by atoms with Gasteiger partial charge < -0.3 is 15.3 Å². The summed E-state index contributed by atoms with van der Waals surface area (Å²) in [4.78, 5) is 13.2. The molecule has 1 aliphatic rings. The molecule has 2 rings (SSSR count). The number of urea groups is 1. The molecule has 0 aliphatic heterocycles. The highest BCUT2D eigenvalue weighted by molar-refractivity contribution is 5.74. The van der Waals surface area contributed by atoms with Gasteiger partial charge >= 0.3 is 6.03 Å². The predicted octanol–water partition coefficient (Wildman–Crippen LogP) is 1.49. The summed E-state index contributed by atoms with van der Waals surface area (Å²) in [6.45, 7) is 0.815. The van der Waals surface area contributed by atoms with Gasteiger partial charge in [-0.2, -0.15) is 0 Å². The third-order valence-electron chi connectivity index (χ3n) is 3.67. The lowest BCUT2D eigenvalue weighted by atomic mass is 9.96. The van der Waals surface area contributed by atoms with Crippen molar-refractivity contribution in [1.29, 1.82) is 0 Å². The summed E-state index contributed by atoms with van der Waals surface area (Å²) < 4.78 is 12.9. The molecule has 0 aromatic heterocycles. The molecule has 19 heavy (non-hydrogen) atoms. The Morgan fingerprint density at radius 1 is 1.42 bits per heavy atom. The summed E-state index contributed by atoms with van der Waals surface area (Å²) in [5.74, 6) is -0.244. The van der Waals surface area contributed by atoms with E-state index < -0.39 is 0 Å². The van der Waals surface area contributed by atoms with Crippen molar-refractivity contribution in [3.8, 4) is 0 Å². The zero-order chi connectivity index (χ0) is 13.9. The van der Waals surface area contributed by atoms with Crippen LogP contribution in [-0.4, -0.2) is 42.8 Å². The molecule has 0 unspecified atom stereocenters. The van der Waals surface area contributed by atoms with Crippen LogP contribution in [0.2, 0.25) is 0 Å². The van der Waals surface area contributed by atoms with E-state index >= 15 is 0 Å². The van der Waals surface area contributed by atoms with Crippen LogP contribution in [0.15, 0.2) is 24.3 Å². The van der Waals surface area contributed by atoms with Crippen LogP contribution in [0.4, 0.5) is 9.18 Å². The first kappa shape index (κ1) is 13.8. The maximum Gasteiger partial charge on any atom is 0.317 e. The number of halogens is 1. The fourth-order valence-corrected chi connectivity index (χ4v) is 2.15. The molecule has 1 fully saturated rings. The van der Waals surface area contributed by atoms with Crippen molar-refractivity contribution >= 4 is 6.03 Å². The highest BCUT2D eigenvalue weighted by Crippen LogP contribution is 2.47. The second kappa shape index (κ2) is 5.57. The molecule has 0 atom stereocenters. The Morgan fingerprint density at radius 2 is 2.05 bits per heavy atom. The summed E-state index contributed by atoms with van der Waals surface area (Å²) in [6, 6.07) is 6.28. The molecule has 0 radical (unpaired) electrons. The fraction of sp³-hybridized carbons (Fsp3) is 0.500. The minimum absolute atomic E-state index is 0.0383. The highest BCUT2D eigenvalue weighted by atomic mass is 19.1. The number of carbonyl (C=O) groups excluding carboxylic acids is 1. The van der Waals surface area contributed by atoms with E-state index in [9.17, 15) is 9.18 Å². The van der Waals surface area contributed by atoms with Crippen LogP contribution in [0.1, 0.15) is 18.4 Å². The number of aliphatic hydroxyl groups excluding tert-OH is 1. The smallest absolute Gasteiger partial charge is 0.317 e. The van der Waals surface area contributed by atoms with Gasteiger partial charge in [0.1, 0.15) is 5.82 Å². The van der Waals surface area contributed by atoms with E-state index in [2.05, 4.69) is 5.32 Å². The van der Waals surface area contributed by atoms with Gasteiger partial charge in [0.25, 0.3) is 0 Å². The minimum Gasteiger partial charge on any atom is -0.395 e. The summed E-state index contributed by atoms with van der Waals surface area (Å²) in [7, 11) is 1.64. The maximum atomic E-state index is 12.9. The normalized spacial score (nSPS) is 15.9. The van der Waals surface area contributed by atoms with E-state index in [1.807, 2.05) is 0 Å². The summed E-state index contributed by atoms with van der Waals surface area (Å²) >= 11 is 0. The van der Waals surface area contributed by atoms with E-state index in [1.54, 1.807) is 19.2 Å². The predicted molar refractivity (Wildman–Crippen MR) is 70.4 cm³/mol. The van der Waals surface area contributed by atoms with Crippen molar-refractivity contribution in [3.63, 3.8) is 0 Å². The molecule has 0 heterocycles. The summed E-state index contributed by atoms with van der Waals surface area (Å²) in [6.07, 6.45) is 2.01. The number of nitrogens with zero attached hydrogens (tertiary/aromatic N) is 1. The molecule has 5 heteroatoms. The van der Waals surface area contributed by atoms with Crippen molar-refractivity contribution in [2.24, 2.45) is 0 Å². The second-order valence-electron chi connectivity index (χ2n) is 5.09. The number of aliphatic hydroxyl groups is 1. The number of hydrogen-bond donors (Lipinski definition) is 2. The van der Waals surface area contributed by atoms with Gasteiger partial charge in [-0.05, 0) is 30.5 Å². The van der Waals surface area contributed by atoms with Crippen molar-refractivity contribution < 1.29 is 14.3 Å². The molecular weight excluding hydrogens is 247 g/mol. The van der Waals surface area contributed by atoms with E-state index in [0.717, 1.165) is 18.4 Å². The average molecular weight is 266 g/mol. The molecule has 2 N–H and O–H groups in total. The lowest BCUT2D eigenvalue weighted by molar-refractivity contribution is 0.189. The van der Waals surface area contributed by atoms with Gasteiger partial charge in [-0.3, -0.25) is 0 Å². The Labute approximate surface area is 112 Å². The van der Waals surface area contributed by atoms with Crippen molar-refractivity contribution in [2.45, 2.75) is 18.3 Å². The van der Waals surface area contributed by atoms with Crippen LogP contribution in [0.3, 0.4) is 0 Å². The van der Waals surface area contributed by atoms with Gasteiger partial charge in [-0.25, -0.2) is 9.18 Å². The monoisotopic (exact) mass is 266 g/mol. The zero-order valence-electron chi connectivity index (χ0n) is 11.0. The molecule has 1 aromatic rings. The molecular formula is C14H19FN2O2. The lowest BCUT2D eigenvalue weighted by Crippen LogP contribution is -2.42. The number of rotatable bonds is 5. The van der Waals surface area contributed by atoms with E-state index in [4.69, 9.17) is 5.11 Å². The Kier molecular flexibility index (Phi) is 4.04. The van der Waals surface area contributed by atoms with Crippen molar-refractivity contribution in [3.05, 3.63) is 35.6 Å². The lowest BCUT2D eigenvalue weighted by Gasteiger charge is -2.21. The molecule has 104 valence electrons. The van der Waals surface area contributed by atoms with Crippen LogP contribution in [0.5, 0.6) is 0 Å². The largest absolute Gasteiger partial charge is 0.395 e. The third kappa shape index (κ3) is 3.23. The zero-order valence-corrected chi connectivity index (χ0v) is 11.0. The number of carbonyl (C=O) groups is 1. The topological polar surface area (TPSA) is 52.6 Å². The first-order valence-corrected chi connectivity index (χ1v) is 6.43. The second-order valence-corrected chi connectivity index (χ2v) is 5.09. The van der Waals surface area contributed by atoms with Crippen LogP contribution < -0.4 is 5.32 Å². The summed E-state index contributed by atoms with van der Waals surface area (Å²) in [5.41, 5.74) is 1.03. The quantitative estimate of drug-likeness (QED) is 0.848. The van der Waals surface area contributed by atoms with Gasteiger partial charge in [-0.1, -0.05) is 12.1 Å². The molecule has 1 aromatic carbocycles. The van der Waals surface area contributed by atoms with Gasteiger partial charge in [-0.15, -0.1) is 0 Å². The first-order valence-electron chi connectivity index (χ1n) is 6.43. The van der Waals surface area contributed by atoms with E-state index in [1.165, 1.54) is 17.0 Å². The highest BCUT2D eigenvalue weighted by Gasteiger charge is 2.44. The maximum absolute atomic E-state index is 12.9. The average Bonchev–Trinajstić information content (AvgIpc) is 3.18. The Morgan fingerprint density at radius 3 is 2.58 bits per heavy atom. The van der Waals surface area contributed by atoms with Gasteiger partial charge in [0, 0.05) is 25.6 Å². The summed E-state index contributed by atoms with van der Waals surface area (Å²) in [5, 5.41) is 11.6. The molecule has 0 bridgehead atoms. The SMILES string of the molecule is CN(CCO)C(=O)NCC1(c2ccc(F)cc2)CC1. The fourth-order valence-electron chi connectivity index (χ4n) is 2.15. The minimum atomic E-state index is -0.244. The van der Waals surface area contributed by atoms with Crippen LogP contribution in [-0.2, 0) is 5.41 Å². The Balaban J connectivity index is 1.92. The van der Waals surface area contributed by atoms with Crippen LogP contribution in [0.25, 0.3) is 0 Å². The van der Waals surface area contributed by atoms with Gasteiger partial charge in [0.2, 0.25) is 0 Å². The third-order valence-corrected chi connectivity index (χ3v) is 3.67. The number of benzene rings is 1. The molecule has 1 aliphatic carbocycles. The van der Waals surface area contributed by atoms with E-state index in [0.29, 0.717) is 13.1 Å². The van der Waals surface area contributed by atoms with Crippen molar-refractivity contribution in [1.82, 2.24) is 10.2 Å². The number of likely N-dealkylation sites (N-methyl/N-ethyl adjacent to an activating group) is 1. The number of amides is 2.